The molecular weight excluding hydrogens is 264 g/mol. The molecule has 0 amide bonds. The van der Waals surface area contributed by atoms with E-state index in [-0.39, 0.29) is 17.1 Å². The molecular formula is C10H7BrO4. The molecule has 1 aromatic heterocycles. The highest BCUT2D eigenvalue weighted by Crippen LogP contribution is 2.29. The van der Waals surface area contributed by atoms with Gasteiger partial charge in [0.15, 0.2) is 0 Å². The summed E-state index contributed by atoms with van der Waals surface area (Å²) < 4.78 is 4.94. The number of fused-ring (bicyclic) bond motifs is 1. The van der Waals surface area contributed by atoms with Crippen LogP contribution >= 0.6 is 15.9 Å². The summed E-state index contributed by atoms with van der Waals surface area (Å²) in [7, 11) is 0. The minimum Gasteiger partial charge on any atom is -0.508 e. The summed E-state index contributed by atoms with van der Waals surface area (Å²) in [6.45, 7) is 0. The molecule has 4 nitrogen and oxygen atoms in total. The monoisotopic (exact) mass is 270 g/mol. The van der Waals surface area contributed by atoms with Crippen LogP contribution in [0.2, 0.25) is 0 Å². The van der Waals surface area contributed by atoms with E-state index in [9.17, 15) is 15.0 Å². The zero-order valence-corrected chi connectivity index (χ0v) is 9.11. The molecule has 0 spiro atoms. The van der Waals surface area contributed by atoms with Crippen LogP contribution in [-0.4, -0.2) is 10.2 Å². The van der Waals surface area contributed by atoms with Crippen molar-refractivity contribution in [3.63, 3.8) is 0 Å². The summed E-state index contributed by atoms with van der Waals surface area (Å²) in [6, 6.07) is 4.01. The normalized spacial score (nSPS) is 10.7. The minimum atomic E-state index is -0.482. The molecule has 1 heterocycles. The van der Waals surface area contributed by atoms with Crippen molar-refractivity contribution < 1.29 is 14.6 Å². The summed E-state index contributed by atoms with van der Waals surface area (Å²) in [5, 5.41) is 19.5. The first-order chi connectivity index (χ1) is 7.11. The van der Waals surface area contributed by atoms with Gasteiger partial charge in [0.25, 0.3) is 0 Å². The number of aromatic hydroxyl groups is 2. The second-order valence-corrected chi connectivity index (χ2v) is 3.63. The van der Waals surface area contributed by atoms with E-state index in [1.165, 1.54) is 18.2 Å². The van der Waals surface area contributed by atoms with Gasteiger partial charge in [-0.2, -0.15) is 0 Å². The number of halogens is 1. The first-order valence-electron chi connectivity index (χ1n) is 4.16. The van der Waals surface area contributed by atoms with Crippen LogP contribution in [0.1, 0.15) is 5.56 Å². The Morgan fingerprint density at radius 2 is 2.00 bits per heavy atom. The van der Waals surface area contributed by atoms with E-state index in [1.807, 2.05) is 0 Å². The summed E-state index contributed by atoms with van der Waals surface area (Å²) in [5.41, 5.74) is 0.107. The Bertz CT molecular complexity index is 573. The fraction of sp³-hybridized carbons (Fsp3) is 0.100. The van der Waals surface area contributed by atoms with Gasteiger partial charge in [0, 0.05) is 23.0 Å². The predicted octanol–water partition coefficient (Wildman–Crippen LogP) is 2.10. The Labute approximate surface area is 92.9 Å². The summed E-state index contributed by atoms with van der Waals surface area (Å²) in [5.74, 6) is -0.259. The third kappa shape index (κ3) is 1.70. The summed E-state index contributed by atoms with van der Waals surface area (Å²) >= 11 is 3.14. The third-order valence-electron chi connectivity index (χ3n) is 2.03. The molecule has 0 aliphatic rings. The van der Waals surface area contributed by atoms with E-state index in [0.29, 0.717) is 16.3 Å². The zero-order valence-electron chi connectivity index (χ0n) is 7.53. The molecule has 0 bridgehead atoms. The number of benzene rings is 1. The lowest BCUT2D eigenvalue weighted by atomic mass is 10.2. The Morgan fingerprint density at radius 1 is 1.27 bits per heavy atom. The molecule has 0 atom stereocenters. The van der Waals surface area contributed by atoms with Gasteiger partial charge in [0.05, 0.1) is 5.39 Å². The fourth-order valence-electron chi connectivity index (χ4n) is 1.32. The molecule has 1 aromatic carbocycles. The van der Waals surface area contributed by atoms with Gasteiger partial charge < -0.3 is 14.6 Å². The first kappa shape index (κ1) is 10.0. The Kier molecular flexibility index (Phi) is 2.40. The number of hydrogen-bond donors (Lipinski definition) is 2. The highest BCUT2D eigenvalue weighted by atomic mass is 79.9. The highest BCUT2D eigenvalue weighted by molar-refractivity contribution is 9.08. The molecule has 5 heteroatoms. The topological polar surface area (TPSA) is 70.7 Å². The zero-order chi connectivity index (χ0) is 11.0. The van der Waals surface area contributed by atoms with Gasteiger partial charge in [-0.1, -0.05) is 15.9 Å². The molecule has 15 heavy (non-hydrogen) atoms. The van der Waals surface area contributed by atoms with E-state index in [2.05, 4.69) is 15.9 Å². The summed E-state index contributed by atoms with van der Waals surface area (Å²) in [4.78, 5) is 11.3. The van der Waals surface area contributed by atoms with Crippen molar-refractivity contribution in [2.24, 2.45) is 0 Å². The molecule has 0 unspecified atom stereocenters. The Morgan fingerprint density at radius 3 is 2.67 bits per heavy atom. The second kappa shape index (κ2) is 3.58. The molecule has 0 fully saturated rings. The first-order valence-corrected chi connectivity index (χ1v) is 5.28. The number of hydrogen-bond acceptors (Lipinski definition) is 4. The van der Waals surface area contributed by atoms with E-state index in [4.69, 9.17) is 4.42 Å². The molecule has 0 saturated heterocycles. The van der Waals surface area contributed by atoms with Gasteiger partial charge in [-0.05, 0) is 6.07 Å². The standard InChI is InChI=1S/C10H7BrO4/c11-4-5-1-7-8(13)2-6(12)3-9(7)15-10(5)14/h1-3,12-13H,4H2. The molecule has 0 aliphatic carbocycles. The van der Waals surface area contributed by atoms with Crippen LogP contribution in [0.4, 0.5) is 0 Å². The van der Waals surface area contributed by atoms with Crippen LogP contribution in [0.5, 0.6) is 11.5 Å². The molecule has 2 N–H and O–H groups in total. The molecule has 2 aromatic rings. The van der Waals surface area contributed by atoms with E-state index < -0.39 is 5.63 Å². The average molecular weight is 271 g/mol. The third-order valence-corrected chi connectivity index (χ3v) is 2.64. The highest BCUT2D eigenvalue weighted by Gasteiger charge is 2.08. The van der Waals surface area contributed by atoms with Gasteiger partial charge in [0.2, 0.25) is 0 Å². The summed E-state index contributed by atoms with van der Waals surface area (Å²) in [6.07, 6.45) is 0. The van der Waals surface area contributed by atoms with Gasteiger partial charge in [-0.25, -0.2) is 4.79 Å². The van der Waals surface area contributed by atoms with E-state index in [0.717, 1.165) is 0 Å². The van der Waals surface area contributed by atoms with Crippen LogP contribution < -0.4 is 5.63 Å². The lowest BCUT2D eigenvalue weighted by molar-refractivity contribution is 0.451. The lowest BCUT2D eigenvalue weighted by Crippen LogP contribution is -2.04. The van der Waals surface area contributed by atoms with E-state index in [1.54, 1.807) is 0 Å². The predicted molar refractivity (Wildman–Crippen MR) is 58.4 cm³/mol. The molecule has 0 saturated carbocycles. The van der Waals surface area contributed by atoms with Crippen LogP contribution in [0.15, 0.2) is 27.4 Å². The van der Waals surface area contributed by atoms with Crippen LogP contribution in [0, 0.1) is 0 Å². The van der Waals surface area contributed by atoms with Crippen molar-refractivity contribution in [1.29, 1.82) is 0 Å². The van der Waals surface area contributed by atoms with Crippen LogP contribution in [-0.2, 0) is 5.33 Å². The average Bonchev–Trinajstić information content (AvgIpc) is 2.16. The maximum atomic E-state index is 11.3. The smallest absolute Gasteiger partial charge is 0.340 e. The SMILES string of the molecule is O=c1oc2cc(O)cc(O)c2cc1CBr. The van der Waals surface area contributed by atoms with Crippen molar-refractivity contribution >= 4 is 26.9 Å². The van der Waals surface area contributed by atoms with Crippen molar-refractivity contribution in [3.8, 4) is 11.5 Å². The van der Waals surface area contributed by atoms with Crippen molar-refractivity contribution in [2.75, 3.05) is 0 Å². The Hall–Kier alpha value is -1.49. The number of phenols is 2. The van der Waals surface area contributed by atoms with Gasteiger partial charge >= 0.3 is 5.63 Å². The quantitative estimate of drug-likeness (QED) is 0.615. The lowest BCUT2D eigenvalue weighted by Gasteiger charge is -2.02. The molecule has 2 rings (SSSR count). The fourth-order valence-corrected chi connectivity index (χ4v) is 1.71. The maximum absolute atomic E-state index is 11.3. The molecule has 0 radical (unpaired) electrons. The molecule has 0 aliphatic heterocycles. The maximum Gasteiger partial charge on any atom is 0.340 e. The van der Waals surface area contributed by atoms with Crippen LogP contribution in [0.3, 0.4) is 0 Å². The van der Waals surface area contributed by atoms with Crippen molar-refractivity contribution in [3.05, 3.63) is 34.2 Å². The van der Waals surface area contributed by atoms with Crippen molar-refractivity contribution in [2.45, 2.75) is 5.33 Å². The molecule has 78 valence electrons. The minimum absolute atomic E-state index is 0.115. The number of phenolic OH excluding ortho intramolecular Hbond substituents is 2. The second-order valence-electron chi connectivity index (χ2n) is 3.07. The van der Waals surface area contributed by atoms with Crippen LogP contribution in [0.25, 0.3) is 11.0 Å². The van der Waals surface area contributed by atoms with E-state index >= 15 is 0 Å². The van der Waals surface area contributed by atoms with Crippen molar-refractivity contribution in [1.82, 2.24) is 0 Å². The number of alkyl halides is 1. The van der Waals surface area contributed by atoms with Gasteiger partial charge in [-0.3, -0.25) is 0 Å². The van der Waals surface area contributed by atoms with Gasteiger partial charge in [0.1, 0.15) is 17.1 Å². The van der Waals surface area contributed by atoms with Gasteiger partial charge in [-0.15, -0.1) is 0 Å². The largest absolute Gasteiger partial charge is 0.508 e. The number of rotatable bonds is 1. The Balaban J connectivity index is 2.87.